The highest BCUT2D eigenvalue weighted by Crippen LogP contribution is 2.39. The van der Waals surface area contributed by atoms with Crippen molar-refractivity contribution in [2.24, 2.45) is 0 Å². The van der Waals surface area contributed by atoms with Crippen molar-refractivity contribution in [3.05, 3.63) is 166 Å². The molecule has 0 atom stereocenters. The van der Waals surface area contributed by atoms with Gasteiger partial charge in [-0.1, -0.05) is 48.0 Å². The fourth-order valence-corrected chi connectivity index (χ4v) is 6.88. The van der Waals surface area contributed by atoms with Crippen LogP contribution in [0.1, 0.15) is 44.5 Å². The molecule has 0 saturated carbocycles. The van der Waals surface area contributed by atoms with E-state index in [2.05, 4.69) is 23.7 Å². The number of furan rings is 4. The average molecular weight is 777 g/mol. The zero-order chi connectivity index (χ0) is 39.8. The van der Waals surface area contributed by atoms with Crippen LogP contribution in [0.3, 0.4) is 0 Å². The maximum absolute atomic E-state index is 12.9. The summed E-state index contributed by atoms with van der Waals surface area (Å²) in [6.07, 6.45) is -4.85. The summed E-state index contributed by atoms with van der Waals surface area (Å²) in [4.78, 5) is 0. The summed E-state index contributed by atoms with van der Waals surface area (Å²) >= 11 is 0. The predicted octanol–water partition coefficient (Wildman–Crippen LogP) is 14.0. The highest BCUT2D eigenvalue weighted by atomic mass is 19.4. The van der Waals surface area contributed by atoms with E-state index in [4.69, 9.17) is 17.7 Å². The van der Waals surface area contributed by atoms with Crippen LogP contribution < -0.4 is 0 Å². The maximum atomic E-state index is 12.9. The summed E-state index contributed by atoms with van der Waals surface area (Å²) in [6, 6.07) is 31.9. The Morgan fingerprint density at radius 2 is 0.638 bits per heavy atom. The molecule has 0 unspecified atom stereocenters. The van der Waals surface area contributed by atoms with Gasteiger partial charge in [0.05, 0.1) is 32.7 Å². The van der Waals surface area contributed by atoms with Crippen molar-refractivity contribution in [2.75, 3.05) is 0 Å². The van der Waals surface area contributed by atoms with Gasteiger partial charge < -0.3 is 17.7 Å². The van der Waals surface area contributed by atoms with Crippen molar-refractivity contribution in [3.63, 3.8) is 0 Å². The van der Waals surface area contributed by atoms with Crippen LogP contribution in [0, 0.1) is 23.7 Å². The van der Waals surface area contributed by atoms with Crippen molar-refractivity contribution >= 4 is 78.4 Å². The molecule has 0 radical (unpaired) electrons. The minimum Gasteiger partial charge on any atom is -0.452 e. The number of halogens is 6. The van der Waals surface area contributed by atoms with Crippen molar-refractivity contribution in [2.45, 2.75) is 12.4 Å². The number of fused-ring (bicyclic) bond motifs is 10. The van der Waals surface area contributed by atoms with E-state index in [1.807, 2.05) is 60.7 Å². The lowest BCUT2D eigenvalue weighted by Crippen LogP contribution is -2.04. The topological polar surface area (TPSA) is 52.6 Å². The van der Waals surface area contributed by atoms with E-state index in [1.165, 1.54) is 24.3 Å². The summed E-state index contributed by atoms with van der Waals surface area (Å²) in [5.74, 6) is 11.9. The Morgan fingerprint density at radius 1 is 0.345 bits per heavy atom. The van der Waals surface area contributed by atoms with Crippen LogP contribution in [-0.4, -0.2) is 0 Å². The van der Waals surface area contributed by atoms with Crippen LogP contribution in [0.5, 0.6) is 0 Å². The molecule has 10 rings (SSSR count). The summed E-state index contributed by atoms with van der Waals surface area (Å²) in [5.41, 5.74) is 7.45. The summed E-state index contributed by atoms with van der Waals surface area (Å²) in [6.45, 7) is 0. The summed E-state index contributed by atoms with van der Waals surface area (Å²) in [5, 5.41) is 3.05. The fourth-order valence-electron chi connectivity index (χ4n) is 6.88. The van der Waals surface area contributed by atoms with Gasteiger partial charge in [0.15, 0.2) is 22.3 Å². The quantitative estimate of drug-likeness (QED) is 0.0997. The SMILES string of the molecule is FC(F)(F)c1ccc(C#Cc2ccc3oc4c5cc(C=Cc6ccc7oc8c9cc(C#Cc%10ccc(C(F)(F)F)cc%10)ccc9oc8c7c6)ccc5oc4c3c2)cc1. The average Bonchev–Trinajstić information content (AvgIpc) is 3.96. The van der Waals surface area contributed by atoms with Crippen LogP contribution in [-0.2, 0) is 12.4 Å². The van der Waals surface area contributed by atoms with E-state index < -0.39 is 23.5 Å². The number of hydrogen-bond donors (Lipinski definition) is 0. The number of benzene rings is 6. The van der Waals surface area contributed by atoms with Crippen LogP contribution >= 0.6 is 0 Å². The van der Waals surface area contributed by atoms with Gasteiger partial charge in [0.1, 0.15) is 22.3 Å². The molecule has 0 aliphatic rings. The van der Waals surface area contributed by atoms with Crippen LogP contribution in [0.2, 0.25) is 0 Å². The van der Waals surface area contributed by atoms with E-state index in [1.54, 1.807) is 24.3 Å². The molecule has 4 aromatic heterocycles. The van der Waals surface area contributed by atoms with E-state index >= 15 is 0 Å². The Balaban J connectivity index is 0.911. The Labute approximate surface area is 323 Å². The molecular formula is C48H22F6O4. The molecule has 6 aromatic carbocycles. The predicted molar refractivity (Wildman–Crippen MR) is 211 cm³/mol. The Morgan fingerprint density at radius 3 is 0.983 bits per heavy atom. The standard InChI is InChI=1S/C48H22F6O4/c49-47(50,51)33-15-7-27(8-16-33)1-3-29-11-19-39-35(23-29)43-45(55-39)37-25-31(13-21-41(37)57-43)5-6-32-14-22-42-38(26-32)46-44(58-42)36-24-30(12-20-40(36)56-46)4-2-28-9-17-34(18-10-28)48(52,53)54/h5-26H. The van der Waals surface area contributed by atoms with Crippen molar-refractivity contribution in [1.29, 1.82) is 0 Å². The lowest BCUT2D eigenvalue weighted by atomic mass is 10.1. The van der Waals surface area contributed by atoms with E-state index in [9.17, 15) is 26.3 Å². The highest BCUT2D eigenvalue weighted by Gasteiger charge is 2.30. The molecule has 10 heteroatoms. The van der Waals surface area contributed by atoms with Gasteiger partial charge in [0, 0.05) is 22.3 Å². The van der Waals surface area contributed by atoms with E-state index in [0.29, 0.717) is 66.9 Å². The van der Waals surface area contributed by atoms with Gasteiger partial charge in [-0.3, -0.25) is 0 Å². The molecule has 4 heterocycles. The largest absolute Gasteiger partial charge is 0.452 e. The summed E-state index contributed by atoms with van der Waals surface area (Å²) < 4.78 is 102. The second-order valence-corrected chi connectivity index (χ2v) is 13.6. The van der Waals surface area contributed by atoms with Gasteiger partial charge in [0.25, 0.3) is 0 Å². The smallest absolute Gasteiger partial charge is 0.416 e. The zero-order valence-corrected chi connectivity index (χ0v) is 29.6. The zero-order valence-electron chi connectivity index (χ0n) is 29.6. The minimum atomic E-state index is -4.41. The molecule has 0 fully saturated rings. The normalized spacial score (nSPS) is 12.3. The van der Waals surface area contributed by atoms with Gasteiger partial charge in [-0.05, 0) is 120 Å². The molecule has 280 valence electrons. The first-order valence-corrected chi connectivity index (χ1v) is 17.8. The third-order valence-electron chi connectivity index (χ3n) is 9.80. The molecule has 0 amide bonds. The van der Waals surface area contributed by atoms with Crippen LogP contribution in [0.25, 0.3) is 78.4 Å². The minimum absolute atomic E-state index is 0.462. The lowest BCUT2D eigenvalue weighted by Gasteiger charge is -2.05. The van der Waals surface area contributed by atoms with Gasteiger partial charge in [-0.25, -0.2) is 0 Å². The maximum Gasteiger partial charge on any atom is 0.416 e. The van der Waals surface area contributed by atoms with Crippen molar-refractivity contribution in [1.82, 2.24) is 0 Å². The molecule has 0 N–H and O–H groups in total. The van der Waals surface area contributed by atoms with E-state index in [0.717, 1.165) is 56.9 Å². The molecule has 0 bridgehead atoms. The van der Waals surface area contributed by atoms with Gasteiger partial charge >= 0.3 is 12.4 Å². The number of hydrogen-bond acceptors (Lipinski definition) is 4. The van der Waals surface area contributed by atoms with Crippen molar-refractivity contribution < 1.29 is 44.0 Å². The molecule has 0 saturated heterocycles. The first-order chi connectivity index (χ1) is 27.9. The Hall–Kier alpha value is -7.56. The molecule has 0 aliphatic heterocycles. The van der Waals surface area contributed by atoms with Crippen LogP contribution in [0.4, 0.5) is 26.3 Å². The first-order valence-electron chi connectivity index (χ1n) is 17.8. The van der Waals surface area contributed by atoms with Crippen molar-refractivity contribution in [3.8, 4) is 23.7 Å². The van der Waals surface area contributed by atoms with Gasteiger partial charge in [0.2, 0.25) is 0 Å². The number of rotatable bonds is 2. The molecular weight excluding hydrogens is 755 g/mol. The Bertz CT molecular complexity index is 3190. The van der Waals surface area contributed by atoms with Gasteiger partial charge in [-0.15, -0.1) is 0 Å². The Kier molecular flexibility index (Phi) is 7.83. The number of alkyl halides is 6. The lowest BCUT2D eigenvalue weighted by molar-refractivity contribution is -0.138. The fraction of sp³-hybridized carbons (Fsp3) is 0.0417. The molecule has 0 spiro atoms. The second kappa shape index (κ2) is 13.0. The monoisotopic (exact) mass is 776 g/mol. The first kappa shape index (κ1) is 34.9. The molecule has 4 nitrogen and oxygen atoms in total. The highest BCUT2D eigenvalue weighted by molar-refractivity contribution is 6.14. The molecule has 0 aliphatic carbocycles. The van der Waals surface area contributed by atoms with Gasteiger partial charge in [-0.2, -0.15) is 26.3 Å². The van der Waals surface area contributed by atoms with E-state index in [-0.39, 0.29) is 0 Å². The van der Waals surface area contributed by atoms with Crippen LogP contribution in [0.15, 0.2) is 139 Å². The molecule has 58 heavy (non-hydrogen) atoms. The summed E-state index contributed by atoms with van der Waals surface area (Å²) in [7, 11) is 0. The third-order valence-corrected chi connectivity index (χ3v) is 9.80. The third kappa shape index (κ3) is 6.31. The molecule has 10 aromatic rings. The second-order valence-electron chi connectivity index (χ2n) is 13.6.